The molecule has 1 aliphatic heterocycles. The van der Waals surface area contributed by atoms with Crippen molar-refractivity contribution in [3.05, 3.63) is 59.2 Å². The molecule has 5 nitrogen and oxygen atoms in total. The maximum atomic E-state index is 12.9. The summed E-state index contributed by atoms with van der Waals surface area (Å²) in [5, 5.41) is 2.79. The number of hydrogen-bond acceptors (Lipinski definition) is 3. The lowest BCUT2D eigenvalue weighted by atomic mass is 10.1. The average molecular weight is 382 g/mol. The van der Waals surface area contributed by atoms with E-state index in [-0.39, 0.29) is 10.8 Å². The molecule has 1 N–H and O–H groups in total. The first-order valence-corrected chi connectivity index (χ1v) is 10.3. The highest BCUT2D eigenvalue weighted by Gasteiger charge is 2.27. The van der Waals surface area contributed by atoms with E-state index in [2.05, 4.69) is 11.2 Å². The van der Waals surface area contributed by atoms with E-state index in [4.69, 9.17) is 6.42 Å². The summed E-state index contributed by atoms with van der Waals surface area (Å²) < 4.78 is 27.3. The molecule has 0 bridgehead atoms. The number of benzene rings is 2. The van der Waals surface area contributed by atoms with Gasteiger partial charge in [-0.15, -0.1) is 6.42 Å². The molecule has 0 aliphatic carbocycles. The topological polar surface area (TPSA) is 66.5 Å². The zero-order valence-corrected chi connectivity index (χ0v) is 16.1. The van der Waals surface area contributed by atoms with Crippen LogP contribution < -0.4 is 5.32 Å². The second-order valence-corrected chi connectivity index (χ2v) is 8.56. The second-order valence-electron chi connectivity index (χ2n) is 6.62. The van der Waals surface area contributed by atoms with Crippen LogP contribution in [0.2, 0.25) is 0 Å². The Hall–Kier alpha value is -2.62. The first-order chi connectivity index (χ1) is 12.9. The number of hydrogen-bond donors (Lipinski definition) is 1. The number of piperidine rings is 1. The van der Waals surface area contributed by atoms with Crippen molar-refractivity contribution >= 4 is 21.6 Å². The molecule has 0 unspecified atom stereocenters. The fourth-order valence-electron chi connectivity index (χ4n) is 3.15. The third kappa shape index (κ3) is 4.21. The Kier molecular flexibility index (Phi) is 5.64. The highest BCUT2D eigenvalue weighted by Crippen LogP contribution is 2.23. The van der Waals surface area contributed by atoms with Gasteiger partial charge in [0, 0.05) is 29.9 Å². The summed E-state index contributed by atoms with van der Waals surface area (Å²) in [5.74, 6) is 2.16. The summed E-state index contributed by atoms with van der Waals surface area (Å²) in [6.07, 6.45) is 8.17. The van der Waals surface area contributed by atoms with Gasteiger partial charge in [-0.2, -0.15) is 4.31 Å². The van der Waals surface area contributed by atoms with Crippen molar-refractivity contribution < 1.29 is 13.2 Å². The second kappa shape index (κ2) is 7.95. The molecule has 1 saturated heterocycles. The molecule has 3 rings (SSSR count). The molecule has 1 aliphatic rings. The van der Waals surface area contributed by atoms with Crippen molar-refractivity contribution in [3.63, 3.8) is 0 Å². The number of aryl methyl sites for hydroxylation is 1. The molecule has 0 radical (unpaired) electrons. The lowest BCUT2D eigenvalue weighted by Crippen LogP contribution is -2.35. The Balaban J connectivity index is 1.88. The van der Waals surface area contributed by atoms with Crippen LogP contribution in [0.1, 0.15) is 40.7 Å². The number of rotatable bonds is 4. The van der Waals surface area contributed by atoms with Gasteiger partial charge in [0.1, 0.15) is 0 Å². The molecular formula is C21H22N2O3S. The Bertz CT molecular complexity index is 1000. The van der Waals surface area contributed by atoms with Crippen LogP contribution >= 0.6 is 0 Å². The maximum absolute atomic E-state index is 12.9. The minimum absolute atomic E-state index is 0.150. The molecule has 27 heavy (non-hydrogen) atoms. The monoisotopic (exact) mass is 382 g/mol. The molecular weight excluding hydrogens is 360 g/mol. The van der Waals surface area contributed by atoms with E-state index >= 15 is 0 Å². The summed E-state index contributed by atoms with van der Waals surface area (Å²) in [7, 11) is -3.59. The normalized spacial score (nSPS) is 15.1. The lowest BCUT2D eigenvalue weighted by molar-refractivity contribution is 0.102. The Morgan fingerprint density at radius 1 is 1.11 bits per heavy atom. The SMILES string of the molecule is C#Cc1cccc(NC(=O)c2cc(S(=O)(=O)N3CCCCC3)ccc2C)c1. The zero-order chi connectivity index (χ0) is 19.4. The number of carbonyl (C=O) groups is 1. The van der Waals surface area contributed by atoms with Crippen molar-refractivity contribution in [2.24, 2.45) is 0 Å². The van der Waals surface area contributed by atoms with Crippen LogP contribution in [0.25, 0.3) is 0 Å². The number of sulfonamides is 1. The van der Waals surface area contributed by atoms with Gasteiger partial charge in [-0.1, -0.05) is 24.5 Å². The van der Waals surface area contributed by atoms with Gasteiger partial charge >= 0.3 is 0 Å². The highest BCUT2D eigenvalue weighted by molar-refractivity contribution is 7.89. The predicted molar refractivity (Wildman–Crippen MR) is 106 cm³/mol. The number of anilines is 1. The fraction of sp³-hybridized carbons (Fsp3) is 0.286. The van der Waals surface area contributed by atoms with E-state index < -0.39 is 10.0 Å². The van der Waals surface area contributed by atoms with Gasteiger partial charge in [0.15, 0.2) is 0 Å². The third-order valence-corrected chi connectivity index (χ3v) is 6.59. The standard InChI is InChI=1S/C21H22N2O3S/c1-3-17-8-7-9-18(14-17)22-21(24)20-15-19(11-10-16(20)2)27(25,26)23-12-5-4-6-13-23/h1,7-11,14-15H,4-6,12-13H2,2H3,(H,22,24). The van der Waals surface area contributed by atoms with E-state index in [9.17, 15) is 13.2 Å². The van der Waals surface area contributed by atoms with Crippen LogP contribution in [0.5, 0.6) is 0 Å². The van der Waals surface area contributed by atoms with Crippen LogP contribution in [-0.2, 0) is 10.0 Å². The Morgan fingerprint density at radius 2 is 1.85 bits per heavy atom. The predicted octanol–water partition coefficient (Wildman–Crippen LogP) is 3.40. The van der Waals surface area contributed by atoms with Crippen molar-refractivity contribution in [1.29, 1.82) is 0 Å². The van der Waals surface area contributed by atoms with E-state index in [1.165, 1.54) is 10.4 Å². The summed E-state index contributed by atoms with van der Waals surface area (Å²) in [6, 6.07) is 11.7. The highest BCUT2D eigenvalue weighted by atomic mass is 32.2. The maximum Gasteiger partial charge on any atom is 0.255 e. The molecule has 1 heterocycles. The summed E-state index contributed by atoms with van der Waals surface area (Å²) in [5.41, 5.74) is 2.27. The van der Waals surface area contributed by atoms with E-state index in [0.29, 0.717) is 35.5 Å². The number of terminal acetylenes is 1. The van der Waals surface area contributed by atoms with Gasteiger partial charge in [-0.25, -0.2) is 8.42 Å². The van der Waals surface area contributed by atoms with Crippen LogP contribution in [0.15, 0.2) is 47.4 Å². The molecule has 0 aromatic heterocycles. The van der Waals surface area contributed by atoms with Gasteiger partial charge in [0.25, 0.3) is 5.91 Å². The van der Waals surface area contributed by atoms with Crippen LogP contribution in [0, 0.1) is 19.3 Å². The van der Waals surface area contributed by atoms with Gasteiger partial charge < -0.3 is 5.32 Å². The minimum Gasteiger partial charge on any atom is -0.322 e. The first kappa shape index (κ1) is 19.2. The molecule has 2 aromatic rings. The summed E-state index contributed by atoms with van der Waals surface area (Å²) in [4.78, 5) is 12.9. The van der Waals surface area contributed by atoms with Gasteiger partial charge in [0.2, 0.25) is 10.0 Å². The molecule has 1 fully saturated rings. The van der Waals surface area contributed by atoms with Gasteiger partial charge in [0.05, 0.1) is 4.90 Å². The molecule has 140 valence electrons. The Labute approximate surface area is 160 Å². The quantitative estimate of drug-likeness (QED) is 0.824. The first-order valence-electron chi connectivity index (χ1n) is 8.90. The Morgan fingerprint density at radius 3 is 2.56 bits per heavy atom. The molecule has 6 heteroatoms. The van der Waals surface area contributed by atoms with Crippen LogP contribution in [-0.4, -0.2) is 31.7 Å². The fourth-order valence-corrected chi connectivity index (χ4v) is 4.69. The number of carbonyl (C=O) groups excluding carboxylic acids is 1. The molecule has 2 aromatic carbocycles. The summed E-state index contributed by atoms with van der Waals surface area (Å²) >= 11 is 0. The van der Waals surface area contributed by atoms with Crippen LogP contribution in [0.4, 0.5) is 5.69 Å². The molecule has 1 amide bonds. The largest absolute Gasteiger partial charge is 0.322 e. The molecule has 0 spiro atoms. The number of nitrogens with one attached hydrogen (secondary N) is 1. The third-order valence-electron chi connectivity index (χ3n) is 4.69. The molecule has 0 saturated carbocycles. The van der Waals surface area contributed by atoms with Crippen molar-refractivity contribution in [3.8, 4) is 12.3 Å². The van der Waals surface area contributed by atoms with E-state index in [1.807, 2.05) is 0 Å². The minimum atomic E-state index is -3.59. The number of nitrogens with zero attached hydrogens (tertiary/aromatic N) is 1. The summed E-state index contributed by atoms with van der Waals surface area (Å²) in [6.45, 7) is 2.83. The van der Waals surface area contributed by atoms with Crippen LogP contribution in [0.3, 0.4) is 0 Å². The van der Waals surface area contributed by atoms with Crippen molar-refractivity contribution in [2.75, 3.05) is 18.4 Å². The van der Waals surface area contributed by atoms with Gasteiger partial charge in [-0.3, -0.25) is 4.79 Å². The van der Waals surface area contributed by atoms with E-state index in [0.717, 1.165) is 19.3 Å². The number of amides is 1. The van der Waals surface area contributed by atoms with Crippen molar-refractivity contribution in [1.82, 2.24) is 4.31 Å². The van der Waals surface area contributed by atoms with Crippen molar-refractivity contribution in [2.45, 2.75) is 31.1 Å². The van der Waals surface area contributed by atoms with E-state index in [1.54, 1.807) is 43.3 Å². The molecule has 0 atom stereocenters. The van der Waals surface area contributed by atoms with Gasteiger partial charge in [-0.05, 0) is 55.7 Å². The smallest absolute Gasteiger partial charge is 0.255 e. The zero-order valence-electron chi connectivity index (χ0n) is 15.2. The lowest BCUT2D eigenvalue weighted by Gasteiger charge is -2.26. The average Bonchev–Trinajstić information content (AvgIpc) is 2.69.